The van der Waals surface area contributed by atoms with E-state index < -0.39 is 12.0 Å². The van der Waals surface area contributed by atoms with Gasteiger partial charge in [-0.15, -0.1) is 0 Å². The second-order valence-electron chi connectivity index (χ2n) is 5.52. The number of carboxylic acid groups (broad SMARTS) is 1. The molecular formula is C17H21N3O3. The molecule has 2 rings (SSSR count). The van der Waals surface area contributed by atoms with Gasteiger partial charge < -0.3 is 10.4 Å². The summed E-state index contributed by atoms with van der Waals surface area (Å²) in [5.74, 6) is -1.36. The number of rotatable bonds is 6. The van der Waals surface area contributed by atoms with E-state index in [0.717, 1.165) is 17.0 Å². The average molecular weight is 315 g/mol. The number of nitrogens with one attached hydrogen (secondary N) is 1. The Balaban J connectivity index is 2.01. The third kappa shape index (κ3) is 3.97. The van der Waals surface area contributed by atoms with Crippen molar-refractivity contribution in [1.82, 2.24) is 15.1 Å². The molecule has 0 saturated heterocycles. The van der Waals surface area contributed by atoms with Crippen molar-refractivity contribution in [2.24, 2.45) is 7.05 Å². The number of aromatic nitrogens is 2. The SMILES string of the molecule is Cc1nn(C)c(C)c1CCC(=O)N[C@@H](C(=O)O)c1ccccc1. The Kier molecular flexibility index (Phi) is 5.16. The first-order valence-corrected chi connectivity index (χ1v) is 7.46. The van der Waals surface area contributed by atoms with E-state index in [0.29, 0.717) is 12.0 Å². The summed E-state index contributed by atoms with van der Waals surface area (Å²) in [5.41, 5.74) is 3.51. The zero-order chi connectivity index (χ0) is 17.0. The molecular weight excluding hydrogens is 294 g/mol. The van der Waals surface area contributed by atoms with Gasteiger partial charge in [0.25, 0.3) is 0 Å². The number of benzene rings is 1. The summed E-state index contributed by atoms with van der Waals surface area (Å²) in [6, 6.07) is 7.65. The third-order valence-corrected chi connectivity index (χ3v) is 3.95. The number of aliphatic carboxylic acids is 1. The zero-order valence-corrected chi connectivity index (χ0v) is 13.5. The lowest BCUT2D eigenvalue weighted by Crippen LogP contribution is -2.33. The Labute approximate surface area is 135 Å². The van der Waals surface area contributed by atoms with E-state index in [9.17, 15) is 14.7 Å². The van der Waals surface area contributed by atoms with Crippen molar-refractivity contribution in [2.75, 3.05) is 0 Å². The molecule has 1 heterocycles. The minimum absolute atomic E-state index is 0.226. The zero-order valence-electron chi connectivity index (χ0n) is 13.5. The number of hydrogen-bond acceptors (Lipinski definition) is 3. The molecule has 1 atom stereocenters. The minimum atomic E-state index is -1.07. The van der Waals surface area contributed by atoms with Crippen LogP contribution in [0.25, 0.3) is 0 Å². The van der Waals surface area contributed by atoms with Gasteiger partial charge in [-0.25, -0.2) is 4.79 Å². The summed E-state index contributed by atoms with van der Waals surface area (Å²) in [6.07, 6.45) is 0.766. The largest absolute Gasteiger partial charge is 0.479 e. The summed E-state index contributed by atoms with van der Waals surface area (Å²) in [4.78, 5) is 23.5. The standard InChI is InChI=1S/C17H21N3O3/c1-11-14(12(2)20(3)19-11)9-10-15(21)18-16(17(22)23)13-7-5-4-6-8-13/h4-8,16H,9-10H2,1-3H3,(H,18,21)(H,22,23)/t16-/m1/s1. The predicted octanol–water partition coefficient (Wildman–Crippen LogP) is 1.91. The molecule has 0 aliphatic rings. The fraction of sp³-hybridized carbons (Fsp3) is 0.353. The highest BCUT2D eigenvalue weighted by molar-refractivity contribution is 5.84. The molecule has 2 aromatic rings. The average Bonchev–Trinajstić information content (AvgIpc) is 2.76. The Morgan fingerprint density at radius 1 is 1.26 bits per heavy atom. The number of carboxylic acids is 1. The van der Waals surface area contributed by atoms with Crippen molar-refractivity contribution in [2.45, 2.75) is 32.7 Å². The van der Waals surface area contributed by atoms with Crippen LogP contribution in [0.2, 0.25) is 0 Å². The molecule has 23 heavy (non-hydrogen) atoms. The molecule has 122 valence electrons. The molecule has 1 aromatic carbocycles. The van der Waals surface area contributed by atoms with Crippen LogP contribution in [0.4, 0.5) is 0 Å². The van der Waals surface area contributed by atoms with Gasteiger partial charge in [-0.2, -0.15) is 5.10 Å². The predicted molar refractivity (Wildman–Crippen MR) is 86.0 cm³/mol. The Morgan fingerprint density at radius 2 is 1.91 bits per heavy atom. The molecule has 2 N–H and O–H groups in total. The second-order valence-corrected chi connectivity index (χ2v) is 5.52. The van der Waals surface area contributed by atoms with Crippen LogP contribution < -0.4 is 5.32 Å². The topological polar surface area (TPSA) is 84.2 Å². The van der Waals surface area contributed by atoms with E-state index in [1.807, 2.05) is 20.9 Å². The van der Waals surface area contributed by atoms with Crippen LogP contribution in [0.15, 0.2) is 30.3 Å². The van der Waals surface area contributed by atoms with E-state index in [2.05, 4.69) is 10.4 Å². The molecule has 0 aliphatic heterocycles. The smallest absolute Gasteiger partial charge is 0.330 e. The third-order valence-electron chi connectivity index (χ3n) is 3.95. The quantitative estimate of drug-likeness (QED) is 0.853. The van der Waals surface area contributed by atoms with Gasteiger partial charge in [-0.1, -0.05) is 30.3 Å². The lowest BCUT2D eigenvalue weighted by Gasteiger charge is -2.15. The minimum Gasteiger partial charge on any atom is -0.479 e. The second kappa shape index (κ2) is 7.09. The highest BCUT2D eigenvalue weighted by Crippen LogP contribution is 2.16. The molecule has 6 nitrogen and oxygen atoms in total. The molecule has 0 radical (unpaired) electrons. The van der Waals surface area contributed by atoms with E-state index in [1.54, 1.807) is 35.0 Å². The maximum atomic E-state index is 12.1. The maximum Gasteiger partial charge on any atom is 0.330 e. The van der Waals surface area contributed by atoms with E-state index in [-0.39, 0.29) is 12.3 Å². The van der Waals surface area contributed by atoms with Crippen LogP contribution in [-0.4, -0.2) is 26.8 Å². The summed E-state index contributed by atoms with van der Waals surface area (Å²) in [5, 5.41) is 16.2. The highest BCUT2D eigenvalue weighted by atomic mass is 16.4. The highest BCUT2D eigenvalue weighted by Gasteiger charge is 2.22. The van der Waals surface area contributed by atoms with Crippen molar-refractivity contribution in [3.8, 4) is 0 Å². The number of carbonyl (C=O) groups excluding carboxylic acids is 1. The van der Waals surface area contributed by atoms with Gasteiger partial charge in [0.1, 0.15) is 0 Å². The van der Waals surface area contributed by atoms with Gasteiger partial charge in [0.05, 0.1) is 5.69 Å². The number of hydrogen-bond donors (Lipinski definition) is 2. The van der Waals surface area contributed by atoms with Gasteiger partial charge in [0.2, 0.25) is 5.91 Å². The lowest BCUT2D eigenvalue weighted by molar-refractivity contribution is -0.142. The summed E-state index contributed by atoms with van der Waals surface area (Å²) < 4.78 is 1.78. The van der Waals surface area contributed by atoms with Crippen LogP contribution in [0, 0.1) is 13.8 Å². The molecule has 0 spiro atoms. The van der Waals surface area contributed by atoms with Crippen LogP contribution >= 0.6 is 0 Å². The van der Waals surface area contributed by atoms with E-state index in [4.69, 9.17) is 0 Å². The van der Waals surface area contributed by atoms with Crippen molar-refractivity contribution in [1.29, 1.82) is 0 Å². The summed E-state index contributed by atoms with van der Waals surface area (Å²) in [7, 11) is 1.86. The van der Waals surface area contributed by atoms with Gasteiger partial charge in [0, 0.05) is 19.2 Å². The fourth-order valence-electron chi connectivity index (χ4n) is 2.58. The monoisotopic (exact) mass is 315 g/mol. The number of aryl methyl sites for hydroxylation is 2. The Hall–Kier alpha value is -2.63. The normalized spacial score (nSPS) is 12.0. The molecule has 0 bridgehead atoms. The molecule has 0 aliphatic carbocycles. The van der Waals surface area contributed by atoms with E-state index >= 15 is 0 Å². The number of nitrogens with zero attached hydrogens (tertiary/aromatic N) is 2. The van der Waals surface area contributed by atoms with Gasteiger partial charge in [-0.3, -0.25) is 9.48 Å². The molecule has 0 unspecified atom stereocenters. The first-order valence-electron chi connectivity index (χ1n) is 7.46. The molecule has 6 heteroatoms. The van der Waals surface area contributed by atoms with Crippen LogP contribution in [-0.2, 0) is 23.1 Å². The molecule has 0 saturated carbocycles. The van der Waals surface area contributed by atoms with Crippen molar-refractivity contribution < 1.29 is 14.7 Å². The molecule has 1 aromatic heterocycles. The van der Waals surface area contributed by atoms with Crippen LogP contribution in [0.5, 0.6) is 0 Å². The van der Waals surface area contributed by atoms with Crippen molar-refractivity contribution in [3.05, 3.63) is 52.8 Å². The molecule has 0 fully saturated rings. The van der Waals surface area contributed by atoms with Crippen LogP contribution in [0.3, 0.4) is 0 Å². The van der Waals surface area contributed by atoms with Crippen molar-refractivity contribution in [3.63, 3.8) is 0 Å². The van der Waals surface area contributed by atoms with Crippen molar-refractivity contribution >= 4 is 11.9 Å². The van der Waals surface area contributed by atoms with Crippen LogP contribution in [0.1, 0.15) is 35.0 Å². The van der Waals surface area contributed by atoms with Gasteiger partial charge in [-0.05, 0) is 31.4 Å². The van der Waals surface area contributed by atoms with Gasteiger partial charge >= 0.3 is 5.97 Å². The lowest BCUT2D eigenvalue weighted by atomic mass is 10.1. The maximum absolute atomic E-state index is 12.1. The number of carbonyl (C=O) groups is 2. The Morgan fingerprint density at radius 3 is 2.43 bits per heavy atom. The Bertz CT molecular complexity index is 707. The fourth-order valence-corrected chi connectivity index (χ4v) is 2.58. The first kappa shape index (κ1) is 16.7. The number of amides is 1. The summed E-state index contributed by atoms with van der Waals surface area (Å²) in [6.45, 7) is 3.86. The first-order chi connectivity index (χ1) is 10.9. The van der Waals surface area contributed by atoms with Gasteiger partial charge in [0.15, 0.2) is 6.04 Å². The van der Waals surface area contributed by atoms with E-state index in [1.165, 1.54) is 0 Å². The summed E-state index contributed by atoms with van der Waals surface area (Å²) >= 11 is 0. The molecule has 1 amide bonds.